The fourth-order valence-corrected chi connectivity index (χ4v) is 1.45. The first-order chi connectivity index (χ1) is 7.10. The van der Waals surface area contributed by atoms with Gasteiger partial charge < -0.3 is 20.1 Å². The second-order valence-corrected chi connectivity index (χ2v) is 3.32. The molecule has 8 heteroatoms. The highest BCUT2D eigenvalue weighted by Gasteiger charge is 2.33. The summed E-state index contributed by atoms with van der Waals surface area (Å²) >= 11 is 4.98. The summed E-state index contributed by atoms with van der Waals surface area (Å²) in [5.74, 6) is -0.520. The Kier molecular flexibility index (Phi) is 4.21. The third-order valence-corrected chi connectivity index (χ3v) is 2.37. The van der Waals surface area contributed by atoms with E-state index in [-0.39, 0.29) is 0 Å². The third-order valence-electron chi connectivity index (χ3n) is 2.03. The van der Waals surface area contributed by atoms with Crippen LogP contribution in [0.4, 0.5) is 0 Å². The van der Waals surface area contributed by atoms with Crippen molar-refractivity contribution >= 4 is 23.2 Å². The van der Waals surface area contributed by atoms with Gasteiger partial charge in [-0.2, -0.15) is 0 Å². The molecular weight excluding hydrogens is 220 g/mol. The summed E-state index contributed by atoms with van der Waals surface area (Å²) in [7, 11) is 3.01. The molecule has 4 N–H and O–H groups in total. The van der Waals surface area contributed by atoms with Crippen LogP contribution in [0.1, 0.15) is 0 Å². The van der Waals surface area contributed by atoms with Gasteiger partial charge in [0.15, 0.2) is 17.6 Å². The van der Waals surface area contributed by atoms with Crippen molar-refractivity contribution in [2.45, 2.75) is 12.5 Å². The number of ether oxygens (including phenoxy) is 2. The lowest BCUT2D eigenvalue weighted by molar-refractivity contribution is -0.128. The zero-order valence-corrected chi connectivity index (χ0v) is 9.34. The highest BCUT2D eigenvalue weighted by molar-refractivity contribution is 7.80. The number of nitrogens with two attached hydrogens (primary N) is 1. The van der Waals surface area contributed by atoms with Crippen molar-refractivity contribution in [1.29, 1.82) is 0 Å². The quantitative estimate of drug-likeness (QED) is 0.378. The first kappa shape index (κ1) is 12.1. The number of thiocarbonyl (C=S) groups is 1. The van der Waals surface area contributed by atoms with Crippen molar-refractivity contribution < 1.29 is 14.3 Å². The van der Waals surface area contributed by atoms with Crippen LogP contribution < -0.4 is 16.6 Å². The molecule has 0 spiro atoms. The largest absolute Gasteiger partial charge is 0.367 e. The average Bonchev–Trinajstić information content (AvgIpc) is 2.56. The molecule has 1 unspecified atom stereocenters. The van der Waals surface area contributed by atoms with Crippen molar-refractivity contribution in [3.8, 4) is 0 Å². The summed E-state index contributed by atoms with van der Waals surface area (Å²) in [5.41, 5.74) is 10.5. The molecule has 1 atom stereocenters. The molecule has 15 heavy (non-hydrogen) atoms. The lowest BCUT2D eigenvalue weighted by Crippen LogP contribution is -2.50. The lowest BCUT2D eigenvalue weighted by atomic mass is 10.4. The minimum absolute atomic E-state index is 0.319. The molecule has 1 aliphatic rings. The second kappa shape index (κ2) is 5.21. The van der Waals surface area contributed by atoms with Crippen LogP contribution in [0.15, 0.2) is 0 Å². The number of nitrogens with one attached hydrogen (secondary N) is 2. The highest BCUT2D eigenvalue weighted by atomic mass is 32.1. The van der Waals surface area contributed by atoms with E-state index < -0.39 is 18.4 Å². The topological polar surface area (TPSA) is 88.9 Å². The number of hydrogen-bond donors (Lipinski definition) is 3. The van der Waals surface area contributed by atoms with Gasteiger partial charge >= 0.3 is 0 Å². The van der Waals surface area contributed by atoms with Gasteiger partial charge in [-0.25, -0.2) is 5.43 Å². The van der Waals surface area contributed by atoms with E-state index in [4.69, 9.17) is 27.4 Å². The molecule has 0 radical (unpaired) electrons. The molecule has 0 bridgehead atoms. The maximum atomic E-state index is 11.1. The standard InChI is InChI=1S/C7H14N4O3S/c1-13-4(14-2)3-11-6(5(8)12)9-10-7(11)15/h4,6,9H,3H2,1-2H3,(H2,8,12)(H,10,15). The Morgan fingerprint density at radius 1 is 1.67 bits per heavy atom. The predicted molar refractivity (Wildman–Crippen MR) is 56.4 cm³/mol. The Hall–Kier alpha value is -0.960. The minimum atomic E-state index is -0.676. The van der Waals surface area contributed by atoms with Gasteiger partial charge in [0, 0.05) is 14.2 Å². The normalized spacial score (nSPS) is 20.9. The van der Waals surface area contributed by atoms with E-state index >= 15 is 0 Å². The Balaban J connectivity index is 2.64. The van der Waals surface area contributed by atoms with E-state index in [1.54, 1.807) is 4.90 Å². The van der Waals surface area contributed by atoms with Gasteiger partial charge in [0.05, 0.1) is 6.54 Å². The predicted octanol–water partition coefficient (Wildman–Crippen LogP) is -1.89. The molecule has 0 aromatic heterocycles. The number of carbonyl (C=O) groups excluding carboxylic acids is 1. The zero-order chi connectivity index (χ0) is 11.4. The first-order valence-electron chi connectivity index (χ1n) is 4.27. The number of nitrogens with zero attached hydrogens (tertiary/aromatic N) is 1. The van der Waals surface area contributed by atoms with Crippen LogP contribution >= 0.6 is 12.2 Å². The Labute approximate surface area is 92.8 Å². The number of primary amides is 1. The Morgan fingerprint density at radius 3 is 2.73 bits per heavy atom. The van der Waals surface area contributed by atoms with E-state index in [0.717, 1.165) is 0 Å². The van der Waals surface area contributed by atoms with Crippen LogP contribution in [0.2, 0.25) is 0 Å². The van der Waals surface area contributed by atoms with Crippen LogP contribution in [-0.2, 0) is 14.3 Å². The zero-order valence-electron chi connectivity index (χ0n) is 8.52. The van der Waals surface area contributed by atoms with Gasteiger partial charge in [0.2, 0.25) is 0 Å². The van der Waals surface area contributed by atoms with E-state index in [1.165, 1.54) is 14.2 Å². The van der Waals surface area contributed by atoms with E-state index in [2.05, 4.69) is 10.9 Å². The van der Waals surface area contributed by atoms with Crippen LogP contribution in [0, 0.1) is 0 Å². The highest BCUT2D eigenvalue weighted by Crippen LogP contribution is 2.06. The molecule has 0 aromatic rings. The van der Waals surface area contributed by atoms with E-state index in [9.17, 15) is 4.79 Å². The molecule has 0 aromatic carbocycles. The van der Waals surface area contributed by atoms with Crippen LogP contribution in [0.3, 0.4) is 0 Å². The fourth-order valence-electron chi connectivity index (χ4n) is 1.22. The van der Waals surface area contributed by atoms with Gasteiger partial charge in [-0.05, 0) is 12.2 Å². The molecule has 1 rings (SSSR count). The summed E-state index contributed by atoms with van der Waals surface area (Å²) in [6, 6.07) is 0. The number of carbonyl (C=O) groups is 1. The Bertz CT molecular complexity index is 259. The molecule has 0 aliphatic carbocycles. The fraction of sp³-hybridized carbons (Fsp3) is 0.714. The lowest BCUT2D eigenvalue weighted by Gasteiger charge is -2.25. The summed E-state index contributed by atoms with van der Waals surface area (Å²) in [4.78, 5) is 12.6. The average molecular weight is 234 g/mol. The van der Waals surface area contributed by atoms with Gasteiger partial charge in [0.25, 0.3) is 5.91 Å². The molecule has 7 nitrogen and oxygen atoms in total. The summed E-state index contributed by atoms with van der Waals surface area (Å²) in [6.07, 6.45) is -1.14. The number of hydrazine groups is 1. The van der Waals surface area contributed by atoms with Gasteiger partial charge in [0.1, 0.15) is 0 Å². The molecular formula is C7H14N4O3S. The third kappa shape index (κ3) is 2.75. The van der Waals surface area contributed by atoms with Crippen LogP contribution in [0.5, 0.6) is 0 Å². The summed E-state index contributed by atoms with van der Waals surface area (Å²) < 4.78 is 10.0. The van der Waals surface area contributed by atoms with E-state index in [0.29, 0.717) is 11.7 Å². The Morgan fingerprint density at radius 2 is 2.27 bits per heavy atom. The van der Waals surface area contributed by atoms with Crippen molar-refractivity contribution in [3.63, 3.8) is 0 Å². The molecule has 1 heterocycles. The molecule has 86 valence electrons. The molecule has 1 aliphatic heterocycles. The number of methoxy groups -OCH3 is 2. The second-order valence-electron chi connectivity index (χ2n) is 2.93. The molecule has 0 saturated carbocycles. The molecule has 1 amide bonds. The molecule has 1 fully saturated rings. The van der Waals surface area contributed by atoms with Crippen molar-refractivity contribution in [2.24, 2.45) is 5.73 Å². The monoisotopic (exact) mass is 234 g/mol. The van der Waals surface area contributed by atoms with E-state index in [1.807, 2.05) is 0 Å². The molecule has 1 saturated heterocycles. The van der Waals surface area contributed by atoms with Gasteiger partial charge in [-0.3, -0.25) is 10.2 Å². The van der Waals surface area contributed by atoms with Crippen LogP contribution in [0.25, 0.3) is 0 Å². The number of hydrogen-bond acceptors (Lipinski definition) is 5. The van der Waals surface area contributed by atoms with Crippen molar-refractivity contribution in [1.82, 2.24) is 15.8 Å². The number of rotatable bonds is 5. The van der Waals surface area contributed by atoms with Crippen molar-refractivity contribution in [3.05, 3.63) is 0 Å². The SMILES string of the molecule is COC(CN1C(=S)NNC1C(N)=O)OC. The minimum Gasteiger partial charge on any atom is -0.367 e. The summed E-state index contributed by atoms with van der Waals surface area (Å²) in [6.45, 7) is 0.319. The maximum absolute atomic E-state index is 11.1. The van der Waals surface area contributed by atoms with Gasteiger partial charge in [-0.1, -0.05) is 0 Å². The van der Waals surface area contributed by atoms with Gasteiger partial charge in [-0.15, -0.1) is 0 Å². The maximum Gasteiger partial charge on any atom is 0.256 e. The number of amides is 1. The smallest absolute Gasteiger partial charge is 0.256 e. The van der Waals surface area contributed by atoms with Crippen LogP contribution in [-0.4, -0.2) is 49.1 Å². The summed E-state index contributed by atoms with van der Waals surface area (Å²) in [5, 5.41) is 0.387. The first-order valence-corrected chi connectivity index (χ1v) is 4.68. The van der Waals surface area contributed by atoms with Crippen molar-refractivity contribution in [2.75, 3.05) is 20.8 Å².